The smallest absolute Gasteiger partial charge is 0.0456 e. The Morgan fingerprint density at radius 1 is 1.57 bits per heavy atom. The number of hydrogen-bond donors (Lipinski definition) is 1. The predicted molar refractivity (Wildman–Crippen MR) is 61.1 cm³/mol. The number of rotatable bonds is 4. The molecule has 0 aliphatic heterocycles. The largest absolute Gasteiger partial charge is 0.396 e. The molecule has 0 heterocycles. The van der Waals surface area contributed by atoms with Gasteiger partial charge < -0.3 is 5.11 Å². The lowest BCUT2D eigenvalue weighted by molar-refractivity contribution is 0.202. The van der Waals surface area contributed by atoms with Crippen LogP contribution in [0.15, 0.2) is 11.6 Å². The molecule has 0 aromatic carbocycles. The highest BCUT2D eigenvalue weighted by atomic mass is 16.3. The topological polar surface area (TPSA) is 20.2 Å². The molecule has 1 N–H and O–H groups in total. The van der Waals surface area contributed by atoms with Crippen molar-refractivity contribution in [2.75, 3.05) is 6.61 Å². The molecule has 1 aliphatic carbocycles. The first-order chi connectivity index (χ1) is 6.48. The Hall–Kier alpha value is -0.300. The van der Waals surface area contributed by atoms with Gasteiger partial charge in [-0.05, 0) is 43.4 Å². The van der Waals surface area contributed by atoms with Gasteiger partial charge in [0.1, 0.15) is 0 Å². The molecule has 1 unspecified atom stereocenters. The predicted octanol–water partition coefficient (Wildman–Crippen LogP) is 3.39. The van der Waals surface area contributed by atoms with Crippen molar-refractivity contribution in [1.29, 1.82) is 0 Å². The molecule has 0 amide bonds. The summed E-state index contributed by atoms with van der Waals surface area (Å²) in [4.78, 5) is 0. The highest BCUT2D eigenvalue weighted by Crippen LogP contribution is 2.45. The van der Waals surface area contributed by atoms with Crippen LogP contribution in [0.3, 0.4) is 0 Å². The molecule has 1 nitrogen and oxygen atoms in total. The lowest BCUT2D eigenvalue weighted by atomic mass is 9.75. The molecular weight excluding hydrogens is 172 g/mol. The highest BCUT2D eigenvalue weighted by Gasteiger charge is 2.34. The van der Waals surface area contributed by atoms with Gasteiger partial charge in [0.05, 0.1) is 0 Å². The SMILES string of the molecule is CC1=CCC(CC[C@H](C)CO)C1(C)C. The zero-order valence-corrected chi connectivity index (χ0v) is 10.0. The Labute approximate surface area is 88.2 Å². The summed E-state index contributed by atoms with van der Waals surface area (Å²) in [6.45, 7) is 9.40. The van der Waals surface area contributed by atoms with Crippen molar-refractivity contribution in [1.82, 2.24) is 0 Å². The van der Waals surface area contributed by atoms with Gasteiger partial charge >= 0.3 is 0 Å². The van der Waals surface area contributed by atoms with Gasteiger partial charge in [-0.3, -0.25) is 0 Å². The van der Waals surface area contributed by atoms with E-state index in [4.69, 9.17) is 5.11 Å². The Morgan fingerprint density at radius 3 is 2.64 bits per heavy atom. The van der Waals surface area contributed by atoms with Crippen molar-refractivity contribution in [2.45, 2.75) is 47.0 Å². The van der Waals surface area contributed by atoms with Gasteiger partial charge in [0, 0.05) is 6.61 Å². The molecule has 0 spiro atoms. The van der Waals surface area contributed by atoms with Gasteiger partial charge in [-0.25, -0.2) is 0 Å². The molecule has 0 bridgehead atoms. The van der Waals surface area contributed by atoms with Crippen molar-refractivity contribution in [2.24, 2.45) is 17.3 Å². The zero-order chi connectivity index (χ0) is 10.8. The van der Waals surface area contributed by atoms with E-state index in [2.05, 4.69) is 33.8 Å². The molecule has 0 aromatic heterocycles. The number of aliphatic hydroxyl groups is 1. The summed E-state index contributed by atoms with van der Waals surface area (Å²) in [5.41, 5.74) is 1.92. The second kappa shape index (κ2) is 4.48. The average Bonchev–Trinajstić information content (AvgIpc) is 2.39. The summed E-state index contributed by atoms with van der Waals surface area (Å²) < 4.78 is 0. The monoisotopic (exact) mass is 196 g/mol. The first-order valence-corrected chi connectivity index (χ1v) is 5.76. The normalized spacial score (nSPS) is 27.5. The van der Waals surface area contributed by atoms with Crippen LogP contribution in [0, 0.1) is 17.3 Å². The molecule has 0 fully saturated rings. The van der Waals surface area contributed by atoms with Crippen LogP contribution in [0.1, 0.15) is 47.0 Å². The van der Waals surface area contributed by atoms with E-state index < -0.39 is 0 Å². The van der Waals surface area contributed by atoms with E-state index in [-0.39, 0.29) is 0 Å². The van der Waals surface area contributed by atoms with Crippen LogP contribution >= 0.6 is 0 Å². The summed E-state index contributed by atoms with van der Waals surface area (Å²) in [6.07, 6.45) is 6.03. The van der Waals surface area contributed by atoms with Gasteiger partial charge in [0.15, 0.2) is 0 Å². The number of hydrogen-bond acceptors (Lipinski definition) is 1. The summed E-state index contributed by atoms with van der Waals surface area (Å²) >= 11 is 0. The molecule has 2 atom stereocenters. The Kier molecular flexibility index (Phi) is 3.77. The van der Waals surface area contributed by atoms with Crippen molar-refractivity contribution in [3.8, 4) is 0 Å². The molecule has 1 heteroatoms. The van der Waals surface area contributed by atoms with Crippen LogP contribution in [0.5, 0.6) is 0 Å². The Morgan fingerprint density at radius 2 is 2.21 bits per heavy atom. The second-order valence-corrected chi connectivity index (χ2v) is 5.41. The molecule has 0 aromatic rings. The summed E-state index contributed by atoms with van der Waals surface area (Å²) in [5.74, 6) is 1.25. The maximum Gasteiger partial charge on any atom is 0.0456 e. The van der Waals surface area contributed by atoms with Crippen molar-refractivity contribution in [3.63, 3.8) is 0 Å². The summed E-state index contributed by atoms with van der Waals surface area (Å²) in [5, 5.41) is 8.98. The van der Waals surface area contributed by atoms with E-state index >= 15 is 0 Å². The van der Waals surface area contributed by atoms with Crippen LogP contribution in [-0.4, -0.2) is 11.7 Å². The lowest BCUT2D eigenvalue weighted by Crippen LogP contribution is -2.21. The first-order valence-electron chi connectivity index (χ1n) is 5.76. The maximum absolute atomic E-state index is 8.98. The average molecular weight is 196 g/mol. The van der Waals surface area contributed by atoms with E-state index in [9.17, 15) is 0 Å². The lowest BCUT2D eigenvalue weighted by Gasteiger charge is -2.30. The third kappa shape index (κ3) is 2.38. The quantitative estimate of drug-likeness (QED) is 0.683. The fraction of sp³-hybridized carbons (Fsp3) is 0.846. The van der Waals surface area contributed by atoms with E-state index in [0.29, 0.717) is 17.9 Å². The molecule has 82 valence electrons. The Balaban J connectivity index is 2.41. The van der Waals surface area contributed by atoms with Crippen LogP contribution in [-0.2, 0) is 0 Å². The molecule has 0 saturated heterocycles. The molecule has 0 saturated carbocycles. The van der Waals surface area contributed by atoms with Gasteiger partial charge in [0.2, 0.25) is 0 Å². The van der Waals surface area contributed by atoms with Crippen LogP contribution in [0.2, 0.25) is 0 Å². The minimum absolute atomic E-state index is 0.333. The van der Waals surface area contributed by atoms with Gasteiger partial charge in [-0.1, -0.05) is 32.4 Å². The fourth-order valence-corrected chi connectivity index (χ4v) is 2.25. The van der Waals surface area contributed by atoms with Crippen molar-refractivity contribution in [3.05, 3.63) is 11.6 Å². The third-order valence-corrected chi connectivity index (χ3v) is 4.07. The van der Waals surface area contributed by atoms with Gasteiger partial charge in [0.25, 0.3) is 0 Å². The molecular formula is C13H24O. The standard InChI is InChI=1S/C13H24O/c1-10(9-14)5-7-12-8-6-11(2)13(12,3)4/h6,10,12,14H,5,7-9H2,1-4H3/t10-,12?/m0/s1. The molecule has 14 heavy (non-hydrogen) atoms. The molecule has 0 radical (unpaired) electrons. The van der Waals surface area contributed by atoms with Crippen LogP contribution in [0.25, 0.3) is 0 Å². The fourth-order valence-electron chi connectivity index (χ4n) is 2.25. The van der Waals surface area contributed by atoms with E-state index in [1.54, 1.807) is 5.57 Å². The van der Waals surface area contributed by atoms with E-state index in [0.717, 1.165) is 12.3 Å². The summed E-state index contributed by atoms with van der Waals surface area (Å²) in [6, 6.07) is 0. The first kappa shape index (κ1) is 11.8. The van der Waals surface area contributed by atoms with E-state index in [1.807, 2.05) is 0 Å². The minimum Gasteiger partial charge on any atom is -0.396 e. The molecule has 1 rings (SSSR count). The van der Waals surface area contributed by atoms with Crippen LogP contribution < -0.4 is 0 Å². The third-order valence-electron chi connectivity index (χ3n) is 4.07. The maximum atomic E-state index is 8.98. The van der Waals surface area contributed by atoms with Gasteiger partial charge in [-0.2, -0.15) is 0 Å². The second-order valence-electron chi connectivity index (χ2n) is 5.41. The zero-order valence-electron chi connectivity index (χ0n) is 10.0. The Bertz CT molecular complexity index is 215. The minimum atomic E-state index is 0.333. The number of aliphatic hydroxyl groups excluding tert-OH is 1. The molecule has 1 aliphatic rings. The van der Waals surface area contributed by atoms with Gasteiger partial charge in [-0.15, -0.1) is 0 Å². The number of allylic oxidation sites excluding steroid dienone is 2. The van der Waals surface area contributed by atoms with Crippen molar-refractivity contribution < 1.29 is 5.11 Å². The van der Waals surface area contributed by atoms with E-state index in [1.165, 1.54) is 12.8 Å². The van der Waals surface area contributed by atoms with Crippen LogP contribution in [0.4, 0.5) is 0 Å². The summed E-state index contributed by atoms with van der Waals surface area (Å²) in [7, 11) is 0. The van der Waals surface area contributed by atoms with Crippen molar-refractivity contribution >= 4 is 0 Å². The highest BCUT2D eigenvalue weighted by molar-refractivity contribution is 5.18.